The van der Waals surface area contributed by atoms with Crippen molar-refractivity contribution in [1.29, 1.82) is 0 Å². The van der Waals surface area contributed by atoms with E-state index < -0.39 is 0 Å². The van der Waals surface area contributed by atoms with E-state index in [0.29, 0.717) is 23.1 Å². The number of carbonyl (C=O) groups is 1. The average molecular weight is 322 g/mol. The molecule has 0 radical (unpaired) electrons. The minimum Gasteiger partial charge on any atom is -0.294 e. The Morgan fingerprint density at radius 1 is 1.19 bits per heavy atom. The monoisotopic (exact) mass is 321 g/mol. The molecule has 4 nitrogen and oxygen atoms in total. The summed E-state index contributed by atoms with van der Waals surface area (Å²) < 4.78 is 0. The number of hydrogen-bond acceptors (Lipinski definition) is 4. The summed E-state index contributed by atoms with van der Waals surface area (Å²) in [5.74, 6) is 0.980. The highest BCUT2D eigenvalue weighted by atomic mass is 35.5. The van der Waals surface area contributed by atoms with Gasteiger partial charge in [0.1, 0.15) is 0 Å². The number of carbonyl (C=O) groups excluding carboxylic acids is 1. The van der Waals surface area contributed by atoms with Gasteiger partial charge in [-0.1, -0.05) is 11.6 Å². The predicted molar refractivity (Wildman–Crippen MR) is 86.9 cm³/mol. The third kappa shape index (κ3) is 5.36. The van der Waals surface area contributed by atoms with Gasteiger partial charge in [-0.15, -0.1) is 11.8 Å². The molecule has 1 N–H and O–H groups in total. The molecule has 0 saturated heterocycles. The Kier molecular flexibility index (Phi) is 5.59. The molecular weight excluding hydrogens is 306 g/mol. The fourth-order valence-corrected chi connectivity index (χ4v) is 2.74. The van der Waals surface area contributed by atoms with Crippen molar-refractivity contribution in [2.45, 2.75) is 25.2 Å². The number of nitrogens with zero attached hydrogens (tertiary/aromatic N) is 2. The topological polar surface area (TPSA) is 54.9 Å². The van der Waals surface area contributed by atoms with Crippen LogP contribution < -0.4 is 5.32 Å². The van der Waals surface area contributed by atoms with E-state index in [1.165, 1.54) is 0 Å². The van der Waals surface area contributed by atoms with Gasteiger partial charge >= 0.3 is 0 Å². The minimum atomic E-state index is -0.0820. The number of nitrogens with one attached hydrogen (secondary N) is 1. The SMILES string of the molecule is Cc1cc(C)nc(NC(=O)CCSc2ccc(Cl)cc2)n1. The second-order valence-corrected chi connectivity index (χ2v) is 6.18. The molecule has 0 bridgehead atoms. The number of thioether (sulfide) groups is 1. The second-order valence-electron chi connectivity index (χ2n) is 4.57. The molecule has 2 aromatic rings. The van der Waals surface area contributed by atoms with Gasteiger partial charge in [0.25, 0.3) is 0 Å². The van der Waals surface area contributed by atoms with Gasteiger partial charge in [-0.3, -0.25) is 10.1 Å². The average Bonchev–Trinajstić information content (AvgIpc) is 2.39. The Labute approximate surface area is 133 Å². The number of rotatable bonds is 5. The standard InChI is InChI=1S/C15H16ClN3OS/c1-10-9-11(2)18-15(17-10)19-14(20)7-8-21-13-5-3-12(16)4-6-13/h3-6,9H,7-8H2,1-2H3,(H,17,18,19,20). The lowest BCUT2D eigenvalue weighted by Gasteiger charge is -2.05. The van der Waals surface area contributed by atoms with Crippen LogP contribution in [0.4, 0.5) is 5.95 Å². The van der Waals surface area contributed by atoms with Gasteiger partial charge in [0.15, 0.2) is 0 Å². The molecule has 0 spiro atoms. The van der Waals surface area contributed by atoms with Crippen molar-refractivity contribution < 1.29 is 4.79 Å². The Hall–Kier alpha value is -1.59. The lowest BCUT2D eigenvalue weighted by Crippen LogP contribution is -2.15. The molecule has 110 valence electrons. The molecule has 21 heavy (non-hydrogen) atoms. The summed E-state index contributed by atoms with van der Waals surface area (Å²) in [5, 5.41) is 3.44. The molecule has 1 amide bonds. The molecule has 1 aromatic heterocycles. The smallest absolute Gasteiger partial charge is 0.229 e. The third-order valence-electron chi connectivity index (χ3n) is 2.64. The maximum Gasteiger partial charge on any atom is 0.229 e. The lowest BCUT2D eigenvalue weighted by atomic mass is 10.3. The quantitative estimate of drug-likeness (QED) is 0.849. The Morgan fingerprint density at radius 3 is 2.43 bits per heavy atom. The van der Waals surface area contributed by atoms with Gasteiger partial charge in [0, 0.05) is 33.5 Å². The van der Waals surface area contributed by atoms with Gasteiger partial charge in [-0.05, 0) is 44.2 Å². The predicted octanol–water partition coefficient (Wildman–Crippen LogP) is 3.87. The molecular formula is C15H16ClN3OS. The molecule has 0 unspecified atom stereocenters. The first-order valence-electron chi connectivity index (χ1n) is 6.53. The largest absolute Gasteiger partial charge is 0.294 e. The Bertz CT molecular complexity index is 611. The first kappa shape index (κ1) is 15.8. The summed E-state index contributed by atoms with van der Waals surface area (Å²) in [6, 6.07) is 9.43. The zero-order valence-corrected chi connectivity index (χ0v) is 13.5. The van der Waals surface area contributed by atoms with E-state index in [2.05, 4.69) is 15.3 Å². The number of benzene rings is 1. The van der Waals surface area contributed by atoms with Gasteiger partial charge in [0.05, 0.1) is 0 Å². The van der Waals surface area contributed by atoms with E-state index in [1.54, 1.807) is 11.8 Å². The summed E-state index contributed by atoms with van der Waals surface area (Å²) in [5.41, 5.74) is 1.68. The fourth-order valence-electron chi connectivity index (χ4n) is 1.76. The van der Waals surface area contributed by atoms with Crippen LogP contribution in [0.1, 0.15) is 17.8 Å². The first-order chi connectivity index (χ1) is 10.0. The van der Waals surface area contributed by atoms with E-state index in [1.807, 2.05) is 44.2 Å². The summed E-state index contributed by atoms with van der Waals surface area (Å²) in [7, 11) is 0. The van der Waals surface area contributed by atoms with Crippen LogP contribution in [0, 0.1) is 13.8 Å². The highest BCUT2D eigenvalue weighted by Crippen LogP contribution is 2.21. The number of halogens is 1. The van der Waals surface area contributed by atoms with Crippen molar-refractivity contribution in [2.24, 2.45) is 0 Å². The lowest BCUT2D eigenvalue weighted by molar-refractivity contribution is -0.115. The molecule has 6 heteroatoms. The van der Waals surface area contributed by atoms with Gasteiger partial charge in [-0.2, -0.15) is 0 Å². The van der Waals surface area contributed by atoms with Crippen LogP contribution in [0.2, 0.25) is 5.02 Å². The Morgan fingerprint density at radius 2 is 1.81 bits per heavy atom. The van der Waals surface area contributed by atoms with E-state index in [0.717, 1.165) is 16.3 Å². The molecule has 0 atom stereocenters. The number of amides is 1. The number of aryl methyl sites for hydroxylation is 2. The number of hydrogen-bond donors (Lipinski definition) is 1. The minimum absolute atomic E-state index is 0.0820. The zero-order chi connectivity index (χ0) is 15.2. The summed E-state index contributed by atoms with van der Waals surface area (Å²) >= 11 is 7.44. The number of aromatic nitrogens is 2. The normalized spacial score (nSPS) is 10.4. The van der Waals surface area contributed by atoms with Gasteiger partial charge in [-0.25, -0.2) is 9.97 Å². The molecule has 0 aliphatic carbocycles. The summed E-state index contributed by atoms with van der Waals surface area (Å²) in [4.78, 5) is 21.3. The van der Waals surface area contributed by atoms with E-state index >= 15 is 0 Å². The summed E-state index contributed by atoms with van der Waals surface area (Å²) in [6.45, 7) is 3.75. The van der Waals surface area contributed by atoms with Gasteiger partial charge in [0.2, 0.25) is 11.9 Å². The van der Waals surface area contributed by atoms with Gasteiger partial charge < -0.3 is 0 Å². The molecule has 1 aromatic carbocycles. The van der Waals surface area contributed by atoms with Crippen LogP contribution in [0.5, 0.6) is 0 Å². The third-order valence-corrected chi connectivity index (χ3v) is 3.91. The molecule has 0 aliphatic heterocycles. The van der Waals surface area contributed by atoms with Crippen LogP contribution in [0.3, 0.4) is 0 Å². The van der Waals surface area contributed by atoms with E-state index in [-0.39, 0.29) is 5.91 Å². The molecule has 0 fully saturated rings. The van der Waals surface area contributed by atoms with Crippen molar-refractivity contribution in [1.82, 2.24) is 9.97 Å². The maximum atomic E-state index is 11.9. The van der Waals surface area contributed by atoms with Crippen LogP contribution in [0.25, 0.3) is 0 Å². The first-order valence-corrected chi connectivity index (χ1v) is 7.90. The van der Waals surface area contributed by atoms with Crippen molar-refractivity contribution in [3.8, 4) is 0 Å². The zero-order valence-electron chi connectivity index (χ0n) is 11.9. The van der Waals surface area contributed by atoms with Crippen LogP contribution in [0.15, 0.2) is 35.2 Å². The van der Waals surface area contributed by atoms with E-state index in [4.69, 9.17) is 11.6 Å². The van der Waals surface area contributed by atoms with Crippen molar-refractivity contribution in [3.05, 3.63) is 46.7 Å². The second kappa shape index (κ2) is 7.43. The fraction of sp³-hybridized carbons (Fsp3) is 0.267. The summed E-state index contributed by atoms with van der Waals surface area (Å²) in [6.07, 6.45) is 0.406. The Balaban J connectivity index is 1.80. The van der Waals surface area contributed by atoms with Crippen molar-refractivity contribution >= 4 is 35.2 Å². The van der Waals surface area contributed by atoms with Crippen molar-refractivity contribution in [2.75, 3.05) is 11.1 Å². The number of anilines is 1. The molecule has 1 heterocycles. The highest BCUT2D eigenvalue weighted by molar-refractivity contribution is 7.99. The van der Waals surface area contributed by atoms with Crippen LogP contribution >= 0.6 is 23.4 Å². The van der Waals surface area contributed by atoms with Crippen molar-refractivity contribution in [3.63, 3.8) is 0 Å². The molecule has 2 rings (SSSR count). The molecule has 0 aliphatic rings. The molecule has 0 saturated carbocycles. The van der Waals surface area contributed by atoms with E-state index in [9.17, 15) is 4.79 Å². The maximum absolute atomic E-state index is 11.9. The highest BCUT2D eigenvalue weighted by Gasteiger charge is 2.06. The van der Waals surface area contributed by atoms with Crippen LogP contribution in [-0.4, -0.2) is 21.6 Å². The van der Waals surface area contributed by atoms with Crippen LogP contribution in [-0.2, 0) is 4.79 Å².